The van der Waals surface area contributed by atoms with Gasteiger partial charge in [-0.25, -0.2) is 9.59 Å². The highest BCUT2D eigenvalue weighted by atomic mass is 16.4. The van der Waals surface area contributed by atoms with Crippen molar-refractivity contribution in [2.75, 3.05) is 0 Å². The van der Waals surface area contributed by atoms with Gasteiger partial charge in [0.25, 0.3) is 11.9 Å². The molecule has 0 amide bonds. The molecule has 0 fully saturated rings. The number of carboxylic acid groups (broad SMARTS) is 8. The molecule has 0 aliphatic heterocycles. The Balaban J connectivity index is -0.000000201. The van der Waals surface area contributed by atoms with Crippen LogP contribution in [0, 0.1) is 0 Å². The standard InChI is InChI=1S/2C6H8O7.2C2H4O2/c2*7-3(8)1-6(13,5(11)12)2-4(9)10;2*1-2(3)4/h2*13H,1-2H2,(H,7,8)(H,9,10)(H,11,12);2*1H3,(H,3,4). The molecule has 0 saturated carbocycles. The second kappa shape index (κ2) is 17.3. The Morgan fingerprint density at radius 3 is 0.618 bits per heavy atom. The third-order valence-electron chi connectivity index (χ3n) is 2.57. The molecule has 0 saturated heterocycles. The van der Waals surface area contributed by atoms with Crippen LogP contribution in [0.15, 0.2) is 0 Å². The van der Waals surface area contributed by atoms with Crippen LogP contribution in [0.4, 0.5) is 0 Å². The van der Waals surface area contributed by atoms with Crippen molar-refractivity contribution in [2.24, 2.45) is 0 Å². The quantitative estimate of drug-likeness (QED) is 0.149. The van der Waals surface area contributed by atoms with Crippen LogP contribution >= 0.6 is 0 Å². The van der Waals surface area contributed by atoms with E-state index in [0.29, 0.717) is 0 Å². The number of carboxylic acids is 8. The lowest BCUT2D eigenvalue weighted by Crippen LogP contribution is -2.42. The zero-order valence-electron chi connectivity index (χ0n) is 17.6. The second-order valence-electron chi connectivity index (χ2n) is 5.99. The summed E-state index contributed by atoms with van der Waals surface area (Å²) in [4.78, 5) is 79.0. The van der Waals surface area contributed by atoms with Crippen LogP contribution in [0.3, 0.4) is 0 Å². The molecule has 0 heterocycles. The van der Waals surface area contributed by atoms with Crippen LogP contribution in [0.2, 0.25) is 0 Å². The molecule has 10 N–H and O–H groups in total. The highest BCUT2D eigenvalue weighted by Gasteiger charge is 2.41. The Bertz CT molecular complexity index is 662. The Kier molecular flexibility index (Phi) is 18.8. The fourth-order valence-electron chi connectivity index (χ4n) is 1.43. The molecule has 0 atom stereocenters. The molecule has 0 bridgehead atoms. The number of aliphatic carboxylic acids is 8. The summed E-state index contributed by atoms with van der Waals surface area (Å²) in [5.41, 5.74) is -5.48. The fraction of sp³-hybridized carbons (Fsp3) is 0.500. The number of carbonyl (C=O) groups is 8. The molecule has 18 heteroatoms. The van der Waals surface area contributed by atoms with Crippen molar-refractivity contribution in [3.8, 4) is 0 Å². The monoisotopic (exact) mass is 504 g/mol. The third-order valence-corrected chi connectivity index (χ3v) is 2.57. The maximum Gasteiger partial charge on any atom is 0.336 e. The maximum atomic E-state index is 10.3. The lowest BCUT2D eigenvalue weighted by molar-refractivity contribution is -0.170. The van der Waals surface area contributed by atoms with Crippen LogP contribution in [0.1, 0.15) is 39.5 Å². The minimum atomic E-state index is -2.74. The Hall–Kier alpha value is -4.32. The van der Waals surface area contributed by atoms with Gasteiger partial charge in [0.15, 0.2) is 11.2 Å². The van der Waals surface area contributed by atoms with Gasteiger partial charge in [-0.3, -0.25) is 28.8 Å². The summed E-state index contributed by atoms with van der Waals surface area (Å²) in [6, 6.07) is 0. The zero-order chi connectivity index (χ0) is 28.4. The average Bonchev–Trinajstić information content (AvgIpc) is 2.50. The lowest BCUT2D eigenvalue weighted by Gasteiger charge is -2.18. The topological polar surface area (TPSA) is 339 Å². The summed E-state index contributed by atoms with van der Waals surface area (Å²) in [5.74, 6) is -11.7. The van der Waals surface area contributed by atoms with Gasteiger partial charge in [0.05, 0.1) is 25.7 Å². The van der Waals surface area contributed by atoms with Crippen LogP contribution in [0.5, 0.6) is 0 Å². The first kappa shape index (κ1) is 37.0. The Morgan fingerprint density at radius 1 is 0.441 bits per heavy atom. The molecular formula is C16H24O18. The normalized spacial score (nSPS) is 9.76. The molecule has 0 aromatic carbocycles. The van der Waals surface area contributed by atoms with Gasteiger partial charge in [0.2, 0.25) is 0 Å². The van der Waals surface area contributed by atoms with E-state index < -0.39 is 84.6 Å². The van der Waals surface area contributed by atoms with Gasteiger partial charge in [0, 0.05) is 13.8 Å². The summed E-state index contributed by atoms with van der Waals surface area (Å²) >= 11 is 0. The fourth-order valence-corrected chi connectivity index (χ4v) is 1.43. The molecule has 0 aliphatic rings. The highest BCUT2D eigenvalue weighted by molar-refractivity contribution is 5.88. The van der Waals surface area contributed by atoms with Crippen molar-refractivity contribution < 1.29 is 89.4 Å². The Morgan fingerprint density at radius 2 is 0.559 bits per heavy atom. The van der Waals surface area contributed by atoms with E-state index in [1.807, 2.05) is 0 Å². The molecule has 0 radical (unpaired) electrons. The van der Waals surface area contributed by atoms with Crippen LogP contribution < -0.4 is 0 Å². The molecule has 0 spiro atoms. The first-order chi connectivity index (χ1) is 15.0. The number of hydrogen-bond donors (Lipinski definition) is 10. The molecule has 0 unspecified atom stereocenters. The third kappa shape index (κ3) is 25.7. The molecule has 0 rings (SSSR count). The van der Waals surface area contributed by atoms with Crippen molar-refractivity contribution in [3.05, 3.63) is 0 Å². The predicted octanol–water partition coefficient (Wildman–Crippen LogP) is -2.32. The van der Waals surface area contributed by atoms with E-state index in [4.69, 9.17) is 60.7 Å². The zero-order valence-corrected chi connectivity index (χ0v) is 17.6. The molecule has 0 aromatic rings. The summed E-state index contributed by atoms with van der Waals surface area (Å²) in [6.07, 6.45) is -4.58. The Labute approximate surface area is 188 Å². The molecule has 34 heavy (non-hydrogen) atoms. The van der Waals surface area contributed by atoms with E-state index >= 15 is 0 Å². The van der Waals surface area contributed by atoms with E-state index in [0.717, 1.165) is 13.8 Å². The summed E-state index contributed by atoms with van der Waals surface area (Å²) in [5, 5.41) is 82.5. The van der Waals surface area contributed by atoms with Gasteiger partial charge in [-0.1, -0.05) is 0 Å². The van der Waals surface area contributed by atoms with Crippen molar-refractivity contribution in [2.45, 2.75) is 50.7 Å². The summed E-state index contributed by atoms with van der Waals surface area (Å²) in [6.45, 7) is 2.17. The smallest absolute Gasteiger partial charge is 0.336 e. The van der Waals surface area contributed by atoms with Gasteiger partial charge in [-0.15, -0.1) is 0 Å². The van der Waals surface area contributed by atoms with Gasteiger partial charge >= 0.3 is 35.8 Å². The van der Waals surface area contributed by atoms with Gasteiger partial charge in [0.1, 0.15) is 0 Å². The largest absolute Gasteiger partial charge is 0.481 e. The van der Waals surface area contributed by atoms with Crippen LogP contribution in [-0.2, 0) is 38.4 Å². The van der Waals surface area contributed by atoms with Crippen molar-refractivity contribution in [3.63, 3.8) is 0 Å². The molecular weight excluding hydrogens is 480 g/mol. The maximum absolute atomic E-state index is 10.3. The lowest BCUT2D eigenvalue weighted by atomic mass is 9.96. The molecule has 0 aromatic heterocycles. The van der Waals surface area contributed by atoms with Gasteiger partial charge in [-0.05, 0) is 0 Å². The number of hydrogen-bond acceptors (Lipinski definition) is 10. The van der Waals surface area contributed by atoms with Crippen molar-refractivity contribution >= 4 is 47.8 Å². The SMILES string of the molecule is CC(=O)O.CC(=O)O.O=C(O)CC(O)(CC(=O)O)C(=O)O.O=C(O)CC(O)(CC(=O)O)C(=O)O. The molecule has 196 valence electrons. The van der Waals surface area contributed by atoms with Crippen molar-refractivity contribution in [1.82, 2.24) is 0 Å². The summed E-state index contributed by atoms with van der Waals surface area (Å²) in [7, 11) is 0. The minimum absolute atomic E-state index is 0.833. The van der Waals surface area contributed by atoms with Crippen LogP contribution in [0.25, 0.3) is 0 Å². The number of rotatable bonds is 10. The second-order valence-corrected chi connectivity index (χ2v) is 5.99. The van der Waals surface area contributed by atoms with Crippen molar-refractivity contribution in [1.29, 1.82) is 0 Å². The van der Waals surface area contributed by atoms with E-state index in [-0.39, 0.29) is 0 Å². The highest BCUT2D eigenvalue weighted by Crippen LogP contribution is 2.16. The molecule has 18 nitrogen and oxygen atoms in total. The minimum Gasteiger partial charge on any atom is -0.481 e. The van der Waals surface area contributed by atoms with E-state index in [1.54, 1.807) is 0 Å². The van der Waals surface area contributed by atoms with E-state index in [2.05, 4.69) is 0 Å². The average molecular weight is 504 g/mol. The first-order valence-electron chi connectivity index (χ1n) is 8.20. The first-order valence-corrected chi connectivity index (χ1v) is 8.20. The summed E-state index contributed by atoms with van der Waals surface area (Å²) < 4.78 is 0. The van der Waals surface area contributed by atoms with Gasteiger partial charge < -0.3 is 51.1 Å². The van der Waals surface area contributed by atoms with Crippen LogP contribution in [-0.4, -0.2) is 110 Å². The molecule has 0 aliphatic carbocycles. The van der Waals surface area contributed by atoms with E-state index in [1.165, 1.54) is 0 Å². The van der Waals surface area contributed by atoms with E-state index in [9.17, 15) is 28.8 Å². The van der Waals surface area contributed by atoms with Gasteiger partial charge in [-0.2, -0.15) is 0 Å². The number of aliphatic hydroxyl groups is 2. The predicted molar refractivity (Wildman–Crippen MR) is 101 cm³/mol.